The van der Waals surface area contributed by atoms with Crippen LogP contribution >= 0.6 is 0 Å². The molecule has 9 heteroatoms. The smallest absolute Gasteiger partial charge is 0.298 e. The lowest BCUT2D eigenvalue weighted by Crippen LogP contribution is -2.50. The predicted octanol–water partition coefficient (Wildman–Crippen LogP) is 4.10. The highest BCUT2D eigenvalue weighted by Crippen LogP contribution is 2.49. The number of carbonyl (C=O) groups is 1. The quantitative estimate of drug-likeness (QED) is 0.405. The Morgan fingerprint density at radius 1 is 1.18 bits per heavy atom. The Labute approximate surface area is 236 Å². The molecule has 3 N–H and O–H groups in total. The van der Waals surface area contributed by atoms with Crippen LogP contribution in [0, 0.1) is 0 Å². The van der Waals surface area contributed by atoms with Crippen molar-refractivity contribution in [1.82, 2.24) is 24.9 Å². The van der Waals surface area contributed by atoms with Crippen molar-refractivity contribution in [3.05, 3.63) is 65.0 Å². The molecule has 0 spiro atoms. The van der Waals surface area contributed by atoms with Gasteiger partial charge in [-0.1, -0.05) is 51.5 Å². The Bertz CT molecular complexity index is 1430. The van der Waals surface area contributed by atoms with Gasteiger partial charge in [0, 0.05) is 48.8 Å². The molecule has 1 fully saturated rings. The molecule has 214 valence electrons. The molecule has 1 saturated heterocycles. The zero-order valence-corrected chi connectivity index (χ0v) is 24.5. The van der Waals surface area contributed by atoms with Crippen molar-refractivity contribution in [2.45, 2.75) is 64.4 Å². The first-order valence-electron chi connectivity index (χ1n) is 14.2. The molecule has 0 bridgehead atoms. The zero-order chi connectivity index (χ0) is 28.6. The highest BCUT2D eigenvalue weighted by Gasteiger charge is 2.55. The number of para-hydroxylation sites is 1. The fourth-order valence-electron chi connectivity index (χ4n) is 6.87. The van der Waals surface area contributed by atoms with Crippen LogP contribution in [0.15, 0.2) is 48.2 Å². The maximum absolute atomic E-state index is 13.3. The van der Waals surface area contributed by atoms with Crippen molar-refractivity contribution in [2.24, 2.45) is 7.05 Å². The third-order valence-corrected chi connectivity index (χ3v) is 8.59. The number of carbonyl (C=O) groups excluding carboxylic acids is 1. The number of rotatable bonds is 9. The van der Waals surface area contributed by atoms with Gasteiger partial charge in [-0.25, -0.2) is 4.90 Å². The summed E-state index contributed by atoms with van der Waals surface area (Å²) < 4.78 is 13.1. The zero-order valence-electron chi connectivity index (χ0n) is 24.5. The van der Waals surface area contributed by atoms with Gasteiger partial charge in [-0.05, 0) is 30.5 Å². The Balaban J connectivity index is 1.47. The van der Waals surface area contributed by atoms with Crippen molar-refractivity contribution in [1.29, 1.82) is 0 Å². The number of hydrogen-bond acceptors (Lipinski definition) is 6. The Morgan fingerprint density at radius 2 is 1.95 bits per heavy atom. The Kier molecular flexibility index (Phi) is 7.79. The molecule has 2 aromatic carbocycles. The van der Waals surface area contributed by atoms with Crippen LogP contribution in [0.1, 0.15) is 67.6 Å². The third kappa shape index (κ3) is 4.51. The maximum Gasteiger partial charge on any atom is 0.298 e. The minimum Gasteiger partial charge on any atom is -0.497 e. The monoisotopic (exact) mass is 548 g/mol. The van der Waals surface area contributed by atoms with E-state index in [1.165, 1.54) is 5.70 Å². The van der Waals surface area contributed by atoms with E-state index in [0.717, 1.165) is 52.9 Å². The molecule has 0 saturated carbocycles. The number of ether oxygens (including phenoxy) is 2. The number of aryl methyl sites for hydroxylation is 1. The largest absolute Gasteiger partial charge is 0.497 e. The van der Waals surface area contributed by atoms with E-state index in [4.69, 9.17) is 9.47 Å². The maximum atomic E-state index is 13.3. The number of aromatic nitrogens is 2. The van der Waals surface area contributed by atoms with Crippen molar-refractivity contribution in [3.8, 4) is 11.5 Å². The van der Waals surface area contributed by atoms with Gasteiger partial charge in [0.05, 0.1) is 31.8 Å². The van der Waals surface area contributed by atoms with Gasteiger partial charge in [-0.3, -0.25) is 14.4 Å². The van der Waals surface area contributed by atoms with Crippen LogP contribution in [-0.2, 0) is 13.6 Å². The number of nitrogens with zero attached hydrogens (tertiary/aromatic N) is 4. The van der Waals surface area contributed by atoms with E-state index in [1.54, 1.807) is 18.9 Å². The molecular weight excluding hydrogens is 506 g/mol. The number of allylic oxidation sites excluding steroid dienone is 1. The van der Waals surface area contributed by atoms with E-state index in [0.29, 0.717) is 25.2 Å². The lowest BCUT2D eigenvalue weighted by molar-refractivity contribution is -0.0801. The van der Waals surface area contributed by atoms with Crippen LogP contribution in [0.5, 0.6) is 11.5 Å². The molecule has 5 rings (SSSR count). The summed E-state index contributed by atoms with van der Waals surface area (Å²) in [7, 11) is 5.22. The van der Waals surface area contributed by atoms with Gasteiger partial charge in [0.25, 0.3) is 12.3 Å². The molecular formula is C31H42N5O4+. The summed E-state index contributed by atoms with van der Waals surface area (Å²) in [5.41, 5.74) is 4.42. The van der Waals surface area contributed by atoms with Crippen LogP contribution in [0.2, 0.25) is 0 Å². The summed E-state index contributed by atoms with van der Waals surface area (Å²) >= 11 is 0. The number of amides is 1. The SMILES string of the molecule is CCCC1(CCNC(=O)c2nn(C)c3ccccc23)C2=C[C@H](C)c3c(cc(OC)cc3OC)CN2C([OH2+])N1CC. The van der Waals surface area contributed by atoms with E-state index < -0.39 is 6.35 Å². The summed E-state index contributed by atoms with van der Waals surface area (Å²) in [4.78, 5) is 17.8. The summed E-state index contributed by atoms with van der Waals surface area (Å²) in [6, 6.07) is 11.8. The fraction of sp³-hybridized carbons (Fsp3) is 0.484. The fourth-order valence-corrected chi connectivity index (χ4v) is 6.87. The number of methoxy groups -OCH3 is 2. The van der Waals surface area contributed by atoms with Crippen molar-refractivity contribution < 1.29 is 19.4 Å². The standard InChI is InChI=1S/C31H41N5O4/c1-7-13-31(14-15-32-29(37)28-23-11-9-10-12-24(23)34(4)33-28)26-16-20(3)27-21(17-22(39-5)18-25(27)40-6)19-35(26)30(38)36(31)8-2/h9-12,16-18,20,30,38H,7-8,13-15,19H2,1-6H3,(H,32,37)/p+1/t20-,30?,31?/m0/s1. The van der Waals surface area contributed by atoms with Gasteiger partial charge in [0.2, 0.25) is 0 Å². The number of hydrogen-bond donors (Lipinski definition) is 1. The first kappa shape index (κ1) is 28.0. The first-order valence-corrected chi connectivity index (χ1v) is 14.2. The van der Waals surface area contributed by atoms with Crippen LogP contribution in [0.4, 0.5) is 0 Å². The topological polar surface area (TPSA) is 94.8 Å². The first-order chi connectivity index (χ1) is 19.3. The lowest BCUT2D eigenvalue weighted by Gasteiger charge is -2.37. The van der Waals surface area contributed by atoms with Gasteiger partial charge >= 0.3 is 0 Å². The van der Waals surface area contributed by atoms with E-state index in [9.17, 15) is 9.90 Å². The number of benzene rings is 2. The molecule has 40 heavy (non-hydrogen) atoms. The summed E-state index contributed by atoms with van der Waals surface area (Å²) in [5.74, 6) is 1.48. The molecule has 2 unspecified atom stereocenters. The molecule has 3 atom stereocenters. The normalized spacial score (nSPS) is 22.5. The molecule has 2 aliphatic heterocycles. The lowest BCUT2D eigenvalue weighted by atomic mass is 9.83. The minimum absolute atomic E-state index is 0.0885. The van der Waals surface area contributed by atoms with Gasteiger partial charge in [-0.15, -0.1) is 0 Å². The molecule has 2 aliphatic rings. The van der Waals surface area contributed by atoms with E-state index in [-0.39, 0.29) is 17.4 Å². The molecule has 1 aromatic heterocycles. The van der Waals surface area contributed by atoms with E-state index in [1.807, 2.05) is 37.4 Å². The van der Waals surface area contributed by atoms with Crippen LogP contribution in [0.25, 0.3) is 10.9 Å². The highest BCUT2D eigenvalue weighted by atomic mass is 16.5. The second-order valence-electron chi connectivity index (χ2n) is 10.8. The average molecular weight is 549 g/mol. The van der Waals surface area contributed by atoms with Gasteiger partial charge in [0.15, 0.2) is 5.69 Å². The van der Waals surface area contributed by atoms with Crippen molar-refractivity contribution in [2.75, 3.05) is 27.3 Å². The minimum atomic E-state index is -0.534. The van der Waals surface area contributed by atoms with Gasteiger partial charge in [0.1, 0.15) is 11.5 Å². The number of fused-ring (bicyclic) bond motifs is 3. The summed E-state index contributed by atoms with van der Waals surface area (Å²) in [5, 5.41) is 17.9. The Hall–Kier alpha value is -3.56. The van der Waals surface area contributed by atoms with Crippen LogP contribution in [-0.4, -0.2) is 69.8 Å². The van der Waals surface area contributed by atoms with Gasteiger partial charge < -0.3 is 19.9 Å². The van der Waals surface area contributed by atoms with Crippen LogP contribution in [0.3, 0.4) is 0 Å². The average Bonchev–Trinajstić information content (AvgIpc) is 3.33. The molecule has 3 heterocycles. The summed E-state index contributed by atoms with van der Waals surface area (Å²) in [6.45, 7) is 8.34. The van der Waals surface area contributed by atoms with Crippen molar-refractivity contribution >= 4 is 16.8 Å². The third-order valence-electron chi connectivity index (χ3n) is 8.59. The number of nitrogens with one attached hydrogen (secondary N) is 1. The highest BCUT2D eigenvalue weighted by molar-refractivity contribution is 6.04. The molecule has 0 radical (unpaired) electrons. The summed E-state index contributed by atoms with van der Waals surface area (Å²) in [6.07, 6.45) is 4.35. The van der Waals surface area contributed by atoms with E-state index in [2.05, 4.69) is 53.1 Å². The second kappa shape index (κ2) is 11.1. The molecule has 3 aromatic rings. The second-order valence-corrected chi connectivity index (χ2v) is 10.8. The Morgan fingerprint density at radius 3 is 2.65 bits per heavy atom. The number of likely N-dealkylation sites (N-methyl/N-ethyl adjacent to an activating group) is 1. The van der Waals surface area contributed by atoms with Crippen LogP contribution < -0.4 is 14.8 Å². The predicted molar refractivity (Wildman–Crippen MR) is 157 cm³/mol. The molecule has 9 nitrogen and oxygen atoms in total. The van der Waals surface area contributed by atoms with Crippen molar-refractivity contribution in [3.63, 3.8) is 0 Å². The molecule has 0 aliphatic carbocycles. The molecule has 1 amide bonds. The van der Waals surface area contributed by atoms with Gasteiger partial charge in [-0.2, -0.15) is 5.10 Å². The van der Waals surface area contributed by atoms with E-state index >= 15 is 0 Å².